The second-order valence-electron chi connectivity index (χ2n) is 6.82. The number of anilines is 2. The van der Waals surface area contributed by atoms with Gasteiger partial charge in [0.2, 0.25) is 0 Å². The summed E-state index contributed by atoms with van der Waals surface area (Å²) < 4.78 is 0. The first-order valence-electron chi connectivity index (χ1n) is 8.62. The Morgan fingerprint density at radius 3 is 2.50 bits per heavy atom. The number of pyridine rings is 1. The van der Waals surface area contributed by atoms with Gasteiger partial charge in [0.25, 0.3) is 5.91 Å². The van der Waals surface area contributed by atoms with Gasteiger partial charge in [-0.05, 0) is 49.8 Å². The van der Waals surface area contributed by atoms with E-state index in [0.717, 1.165) is 41.5 Å². The molecular formula is C20H25N3O. The molecule has 0 bridgehead atoms. The molecule has 4 heteroatoms. The predicted molar refractivity (Wildman–Crippen MR) is 98.7 cm³/mol. The lowest BCUT2D eigenvalue weighted by Crippen LogP contribution is -2.33. The molecule has 0 atom stereocenters. The molecule has 1 aromatic heterocycles. The normalized spacial score (nSPS) is 15.4. The second-order valence-corrected chi connectivity index (χ2v) is 6.82. The predicted octanol–water partition coefficient (Wildman–Crippen LogP) is 4.19. The third-order valence-electron chi connectivity index (χ3n) is 4.85. The van der Waals surface area contributed by atoms with Crippen LogP contribution in [0, 0.1) is 19.8 Å². The van der Waals surface area contributed by atoms with Gasteiger partial charge < -0.3 is 10.2 Å². The molecular weight excluding hydrogens is 298 g/mol. The van der Waals surface area contributed by atoms with Crippen LogP contribution >= 0.6 is 0 Å². The number of nitrogens with one attached hydrogen (secondary N) is 1. The van der Waals surface area contributed by atoms with Gasteiger partial charge in [0, 0.05) is 25.0 Å². The summed E-state index contributed by atoms with van der Waals surface area (Å²) in [6, 6.07) is 7.96. The highest BCUT2D eigenvalue weighted by Gasteiger charge is 2.18. The smallest absolute Gasteiger partial charge is 0.257 e. The van der Waals surface area contributed by atoms with Crippen LogP contribution in [-0.4, -0.2) is 24.0 Å². The number of nitrogens with zero attached hydrogens (tertiary/aromatic N) is 2. The Kier molecular flexibility index (Phi) is 4.84. The fourth-order valence-electron chi connectivity index (χ4n) is 3.19. The van der Waals surface area contributed by atoms with Crippen molar-refractivity contribution in [2.75, 3.05) is 23.3 Å². The molecule has 126 valence electrons. The molecule has 0 aliphatic carbocycles. The van der Waals surface area contributed by atoms with Crippen LogP contribution in [0.25, 0.3) is 0 Å². The number of piperidine rings is 1. The Balaban J connectivity index is 1.77. The van der Waals surface area contributed by atoms with E-state index in [-0.39, 0.29) is 5.91 Å². The van der Waals surface area contributed by atoms with Crippen molar-refractivity contribution in [3.8, 4) is 0 Å². The molecule has 0 saturated carbocycles. The number of aromatic nitrogens is 1. The molecule has 24 heavy (non-hydrogen) atoms. The first-order valence-corrected chi connectivity index (χ1v) is 8.62. The van der Waals surface area contributed by atoms with Crippen molar-refractivity contribution in [1.29, 1.82) is 0 Å². The Hall–Kier alpha value is -2.36. The van der Waals surface area contributed by atoms with E-state index in [2.05, 4.69) is 22.1 Å². The second kappa shape index (κ2) is 7.04. The zero-order valence-electron chi connectivity index (χ0n) is 14.7. The Morgan fingerprint density at radius 1 is 1.17 bits per heavy atom. The number of rotatable bonds is 3. The van der Waals surface area contributed by atoms with Crippen LogP contribution in [0.2, 0.25) is 0 Å². The summed E-state index contributed by atoms with van der Waals surface area (Å²) in [4.78, 5) is 19.2. The summed E-state index contributed by atoms with van der Waals surface area (Å²) in [5.74, 6) is 0.678. The lowest BCUT2D eigenvalue weighted by Gasteiger charge is -2.32. The first kappa shape index (κ1) is 16.5. The zero-order chi connectivity index (χ0) is 17.1. The topological polar surface area (TPSA) is 45.2 Å². The van der Waals surface area contributed by atoms with E-state index in [1.807, 2.05) is 44.3 Å². The van der Waals surface area contributed by atoms with Crippen molar-refractivity contribution in [3.05, 3.63) is 53.3 Å². The zero-order valence-corrected chi connectivity index (χ0v) is 14.7. The van der Waals surface area contributed by atoms with Gasteiger partial charge in [0.15, 0.2) is 0 Å². The van der Waals surface area contributed by atoms with Gasteiger partial charge in [-0.1, -0.05) is 25.1 Å². The Morgan fingerprint density at radius 2 is 1.83 bits per heavy atom. The van der Waals surface area contributed by atoms with Gasteiger partial charge in [-0.25, -0.2) is 0 Å². The van der Waals surface area contributed by atoms with Crippen molar-refractivity contribution in [1.82, 2.24) is 4.98 Å². The standard InChI is InChI=1S/C20H25N3O/c1-14-7-9-23(10-8-14)18-11-17(12-21-13-18)20(24)22-19-15(2)5-4-6-16(19)3/h4-6,11-14H,7-10H2,1-3H3,(H,22,24). The van der Waals surface area contributed by atoms with Crippen LogP contribution in [0.1, 0.15) is 41.3 Å². The summed E-state index contributed by atoms with van der Waals surface area (Å²) >= 11 is 0. The van der Waals surface area contributed by atoms with Crippen molar-refractivity contribution in [2.24, 2.45) is 5.92 Å². The van der Waals surface area contributed by atoms with Crippen LogP contribution in [0.15, 0.2) is 36.7 Å². The monoisotopic (exact) mass is 323 g/mol. The van der Waals surface area contributed by atoms with Crippen molar-refractivity contribution < 1.29 is 4.79 Å². The molecule has 1 fully saturated rings. The number of hydrogen-bond acceptors (Lipinski definition) is 3. The lowest BCUT2D eigenvalue weighted by molar-refractivity contribution is 0.102. The molecule has 0 radical (unpaired) electrons. The molecule has 1 amide bonds. The molecule has 1 aliphatic rings. The van der Waals surface area contributed by atoms with Gasteiger partial charge in [0.1, 0.15) is 0 Å². The van der Waals surface area contributed by atoms with Crippen LogP contribution < -0.4 is 10.2 Å². The number of amides is 1. The maximum Gasteiger partial charge on any atom is 0.257 e. The van der Waals surface area contributed by atoms with Gasteiger partial charge in [-0.2, -0.15) is 0 Å². The third kappa shape index (κ3) is 3.58. The number of benzene rings is 1. The minimum Gasteiger partial charge on any atom is -0.370 e. The van der Waals surface area contributed by atoms with Crippen LogP contribution in [0.5, 0.6) is 0 Å². The number of carbonyl (C=O) groups excluding carboxylic acids is 1. The van der Waals surface area contributed by atoms with Gasteiger partial charge in [-0.3, -0.25) is 9.78 Å². The fraction of sp³-hybridized carbons (Fsp3) is 0.400. The number of aryl methyl sites for hydroxylation is 2. The van der Waals surface area contributed by atoms with Gasteiger partial charge in [-0.15, -0.1) is 0 Å². The van der Waals surface area contributed by atoms with Crippen molar-refractivity contribution in [2.45, 2.75) is 33.6 Å². The van der Waals surface area contributed by atoms with E-state index in [1.165, 1.54) is 12.8 Å². The molecule has 0 unspecified atom stereocenters. The average Bonchev–Trinajstić information content (AvgIpc) is 2.59. The number of hydrogen-bond donors (Lipinski definition) is 1. The molecule has 4 nitrogen and oxygen atoms in total. The van der Waals surface area contributed by atoms with Crippen LogP contribution in [-0.2, 0) is 0 Å². The highest BCUT2D eigenvalue weighted by Crippen LogP contribution is 2.24. The average molecular weight is 323 g/mol. The summed E-state index contributed by atoms with van der Waals surface area (Å²) in [5, 5.41) is 3.03. The summed E-state index contributed by atoms with van der Waals surface area (Å²) in [5.41, 5.74) is 4.67. The number of carbonyl (C=O) groups is 1. The molecule has 0 spiro atoms. The van der Waals surface area contributed by atoms with E-state index >= 15 is 0 Å². The van der Waals surface area contributed by atoms with Crippen molar-refractivity contribution >= 4 is 17.3 Å². The summed E-state index contributed by atoms with van der Waals surface area (Å²) in [6.45, 7) is 8.37. The van der Waals surface area contributed by atoms with Crippen LogP contribution in [0.4, 0.5) is 11.4 Å². The maximum absolute atomic E-state index is 12.6. The van der Waals surface area contributed by atoms with E-state index in [9.17, 15) is 4.79 Å². The van der Waals surface area contributed by atoms with E-state index < -0.39 is 0 Å². The van der Waals surface area contributed by atoms with Gasteiger partial charge in [0.05, 0.1) is 17.4 Å². The molecule has 2 heterocycles. The lowest BCUT2D eigenvalue weighted by atomic mass is 9.99. The molecule has 1 saturated heterocycles. The SMILES string of the molecule is Cc1cccc(C)c1NC(=O)c1cncc(N2CCC(C)CC2)c1. The highest BCUT2D eigenvalue weighted by molar-refractivity contribution is 6.05. The van der Waals surface area contributed by atoms with E-state index in [0.29, 0.717) is 5.56 Å². The van der Waals surface area contributed by atoms with Gasteiger partial charge >= 0.3 is 0 Å². The third-order valence-corrected chi connectivity index (χ3v) is 4.85. The van der Waals surface area contributed by atoms with Crippen molar-refractivity contribution in [3.63, 3.8) is 0 Å². The Bertz CT molecular complexity index is 713. The minimum atomic E-state index is -0.105. The molecule has 1 aromatic carbocycles. The number of para-hydroxylation sites is 1. The molecule has 1 aliphatic heterocycles. The Labute approximate surface area is 143 Å². The van der Waals surface area contributed by atoms with E-state index in [1.54, 1.807) is 6.20 Å². The quantitative estimate of drug-likeness (QED) is 0.921. The fourth-order valence-corrected chi connectivity index (χ4v) is 3.19. The summed E-state index contributed by atoms with van der Waals surface area (Å²) in [6.07, 6.45) is 5.88. The van der Waals surface area contributed by atoms with Crippen LogP contribution in [0.3, 0.4) is 0 Å². The first-order chi connectivity index (χ1) is 11.5. The highest BCUT2D eigenvalue weighted by atomic mass is 16.1. The minimum absolute atomic E-state index is 0.105. The molecule has 2 aromatic rings. The molecule has 3 rings (SSSR count). The largest absolute Gasteiger partial charge is 0.370 e. The molecule has 1 N–H and O–H groups in total. The van der Waals surface area contributed by atoms with E-state index in [4.69, 9.17) is 0 Å². The maximum atomic E-state index is 12.6. The summed E-state index contributed by atoms with van der Waals surface area (Å²) in [7, 11) is 0.